The van der Waals surface area contributed by atoms with Gasteiger partial charge in [0.25, 0.3) is 0 Å². The highest BCUT2D eigenvalue weighted by molar-refractivity contribution is 5.53. The molecule has 17 heavy (non-hydrogen) atoms. The van der Waals surface area contributed by atoms with Crippen molar-refractivity contribution in [1.29, 1.82) is 0 Å². The van der Waals surface area contributed by atoms with Crippen LogP contribution in [0.4, 0.5) is 5.69 Å². The number of anilines is 1. The number of para-hydroxylation sites is 1. The molecule has 0 heterocycles. The standard InChI is InChI=1S/C15H23NO/c1-3-16(12-15(17)10-6-7-11-15)14-9-5-4-8-13(14)2/h4-5,8-9,17H,3,6-7,10-12H2,1-2H3. The van der Waals surface area contributed by atoms with E-state index in [1.807, 2.05) is 0 Å². The number of benzene rings is 1. The lowest BCUT2D eigenvalue weighted by Crippen LogP contribution is -2.41. The SMILES string of the molecule is CCN(CC1(O)CCCC1)c1ccccc1C. The molecule has 1 aliphatic carbocycles. The summed E-state index contributed by atoms with van der Waals surface area (Å²) in [6, 6.07) is 8.43. The highest BCUT2D eigenvalue weighted by atomic mass is 16.3. The number of nitrogens with zero attached hydrogens (tertiary/aromatic N) is 1. The van der Waals surface area contributed by atoms with Crippen LogP contribution >= 0.6 is 0 Å². The quantitative estimate of drug-likeness (QED) is 0.863. The van der Waals surface area contributed by atoms with Crippen molar-refractivity contribution in [2.45, 2.75) is 45.1 Å². The van der Waals surface area contributed by atoms with Gasteiger partial charge in [0.05, 0.1) is 5.60 Å². The Labute approximate surface area is 104 Å². The lowest BCUT2D eigenvalue weighted by atomic mass is 10.0. The van der Waals surface area contributed by atoms with E-state index in [1.165, 1.54) is 24.1 Å². The molecule has 0 saturated heterocycles. The number of hydrogen-bond donors (Lipinski definition) is 1. The van der Waals surface area contributed by atoms with Gasteiger partial charge in [0, 0.05) is 18.8 Å². The number of aryl methyl sites for hydroxylation is 1. The molecule has 0 spiro atoms. The highest BCUT2D eigenvalue weighted by Crippen LogP contribution is 2.32. The van der Waals surface area contributed by atoms with Crippen molar-refractivity contribution in [1.82, 2.24) is 0 Å². The molecule has 2 rings (SSSR count). The van der Waals surface area contributed by atoms with Gasteiger partial charge in [0.2, 0.25) is 0 Å². The van der Waals surface area contributed by atoms with Crippen LogP contribution in [-0.4, -0.2) is 23.8 Å². The van der Waals surface area contributed by atoms with Gasteiger partial charge in [-0.15, -0.1) is 0 Å². The molecule has 1 aromatic rings. The lowest BCUT2D eigenvalue weighted by Gasteiger charge is -2.33. The predicted molar refractivity (Wildman–Crippen MR) is 72.5 cm³/mol. The molecular weight excluding hydrogens is 210 g/mol. The molecule has 94 valence electrons. The summed E-state index contributed by atoms with van der Waals surface area (Å²) >= 11 is 0. The molecular formula is C15H23NO. The molecule has 1 saturated carbocycles. The first kappa shape index (κ1) is 12.4. The van der Waals surface area contributed by atoms with Crippen LogP contribution in [0, 0.1) is 6.92 Å². The van der Waals surface area contributed by atoms with Gasteiger partial charge in [-0.05, 0) is 38.3 Å². The van der Waals surface area contributed by atoms with Crippen molar-refractivity contribution < 1.29 is 5.11 Å². The van der Waals surface area contributed by atoms with E-state index < -0.39 is 5.60 Å². The maximum absolute atomic E-state index is 10.5. The Morgan fingerprint density at radius 1 is 1.24 bits per heavy atom. The number of rotatable bonds is 4. The van der Waals surface area contributed by atoms with Crippen molar-refractivity contribution in [3.8, 4) is 0 Å². The van der Waals surface area contributed by atoms with Gasteiger partial charge in [-0.2, -0.15) is 0 Å². The fourth-order valence-electron chi connectivity index (χ4n) is 2.83. The van der Waals surface area contributed by atoms with Gasteiger partial charge in [0.15, 0.2) is 0 Å². The van der Waals surface area contributed by atoms with Crippen LogP contribution in [0.1, 0.15) is 38.2 Å². The molecule has 2 heteroatoms. The number of likely N-dealkylation sites (N-methyl/N-ethyl adjacent to an activating group) is 1. The Bertz CT molecular complexity index is 369. The van der Waals surface area contributed by atoms with Crippen LogP contribution in [0.5, 0.6) is 0 Å². The van der Waals surface area contributed by atoms with Crippen molar-refractivity contribution in [3.63, 3.8) is 0 Å². The topological polar surface area (TPSA) is 23.5 Å². The van der Waals surface area contributed by atoms with E-state index in [4.69, 9.17) is 0 Å². The van der Waals surface area contributed by atoms with Crippen LogP contribution in [0.25, 0.3) is 0 Å². The second-order valence-corrected chi connectivity index (χ2v) is 5.23. The zero-order chi connectivity index (χ0) is 12.3. The molecule has 0 aromatic heterocycles. The van der Waals surface area contributed by atoms with Gasteiger partial charge in [0.1, 0.15) is 0 Å². The summed E-state index contributed by atoms with van der Waals surface area (Å²) in [6.07, 6.45) is 4.24. The van der Waals surface area contributed by atoms with Gasteiger partial charge in [-0.3, -0.25) is 0 Å². The van der Waals surface area contributed by atoms with E-state index >= 15 is 0 Å². The largest absolute Gasteiger partial charge is 0.388 e. The minimum Gasteiger partial charge on any atom is -0.388 e. The summed E-state index contributed by atoms with van der Waals surface area (Å²) in [4.78, 5) is 2.31. The molecule has 0 amide bonds. The number of hydrogen-bond acceptors (Lipinski definition) is 2. The maximum atomic E-state index is 10.5. The van der Waals surface area contributed by atoms with E-state index in [0.717, 1.165) is 25.9 Å². The summed E-state index contributed by atoms with van der Waals surface area (Å²) < 4.78 is 0. The monoisotopic (exact) mass is 233 g/mol. The molecule has 0 atom stereocenters. The zero-order valence-electron chi connectivity index (χ0n) is 10.9. The second-order valence-electron chi connectivity index (χ2n) is 5.23. The summed E-state index contributed by atoms with van der Waals surface area (Å²) in [7, 11) is 0. The second kappa shape index (κ2) is 5.09. The normalized spacial score (nSPS) is 18.3. The van der Waals surface area contributed by atoms with Crippen LogP contribution < -0.4 is 4.90 Å². The third kappa shape index (κ3) is 2.81. The van der Waals surface area contributed by atoms with Gasteiger partial charge < -0.3 is 10.0 Å². The molecule has 0 unspecified atom stereocenters. The molecule has 1 aromatic carbocycles. The van der Waals surface area contributed by atoms with Gasteiger partial charge in [-0.25, -0.2) is 0 Å². The third-order valence-electron chi connectivity index (χ3n) is 3.86. The first-order valence-corrected chi connectivity index (χ1v) is 6.67. The Morgan fingerprint density at radius 3 is 2.47 bits per heavy atom. The fourth-order valence-corrected chi connectivity index (χ4v) is 2.83. The highest BCUT2D eigenvalue weighted by Gasteiger charge is 2.33. The van der Waals surface area contributed by atoms with Crippen molar-refractivity contribution in [2.24, 2.45) is 0 Å². The van der Waals surface area contributed by atoms with Crippen LogP contribution in [0.2, 0.25) is 0 Å². The summed E-state index contributed by atoms with van der Waals surface area (Å²) in [5.74, 6) is 0. The van der Waals surface area contributed by atoms with E-state index in [2.05, 4.69) is 43.0 Å². The molecule has 0 aliphatic heterocycles. The minimum atomic E-state index is -0.460. The average Bonchev–Trinajstić information content (AvgIpc) is 2.74. The van der Waals surface area contributed by atoms with E-state index in [9.17, 15) is 5.11 Å². The summed E-state index contributed by atoms with van der Waals surface area (Å²) in [5, 5.41) is 10.5. The third-order valence-corrected chi connectivity index (χ3v) is 3.86. The Hall–Kier alpha value is -1.02. The minimum absolute atomic E-state index is 0.460. The molecule has 1 fully saturated rings. The Morgan fingerprint density at radius 2 is 1.88 bits per heavy atom. The maximum Gasteiger partial charge on any atom is 0.0821 e. The summed E-state index contributed by atoms with van der Waals surface area (Å²) in [5.41, 5.74) is 2.09. The summed E-state index contributed by atoms with van der Waals surface area (Å²) in [6.45, 7) is 6.02. The zero-order valence-corrected chi connectivity index (χ0v) is 10.9. The Kier molecular flexibility index (Phi) is 3.72. The fraction of sp³-hybridized carbons (Fsp3) is 0.600. The van der Waals surface area contributed by atoms with Crippen LogP contribution in [0.3, 0.4) is 0 Å². The van der Waals surface area contributed by atoms with Crippen LogP contribution in [-0.2, 0) is 0 Å². The van der Waals surface area contributed by atoms with Crippen LogP contribution in [0.15, 0.2) is 24.3 Å². The van der Waals surface area contributed by atoms with Crippen molar-refractivity contribution >= 4 is 5.69 Å². The molecule has 1 N–H and O–H groups in total. The van der Waals surface area contributed by atoms with Crippen molar-refractivity contribution in [2.75, 3.05) is 18.0 Å². The number of aliphatic hydroxyl groups is 1. The first-order chi connectivity index (χ1) is 8.14. The van der Waals surface area contributed by atoms with Gasteiger partial charge >= 0.3 is 0 Å². The molecule has 2 nitrogen and oxygen atoms in total. The van der Waals surface area contributed by atoms with E-state index in [-0.39, 0.29) is 0 Å². The first-order valence-electron chi connectivity index (χ1n) is 6.67. The smallest absolute Gasteiger partial charge is 0.0821 e. The average molecular weight is 233 g/mol. The van der Waals surface area contributed by atoms with Crippen molar-refractivity contribution in [3.05, 3.63) is 29.8 Å². The van der Waals surface area contributed by atoms with Gasteiger partial charge in [-0.1, -0.05) is 31.0 Å². The molecule has 0 bridgehead atoms. The predicted octanol–water partition coefficient (Wildman–Crippen LogP) is 3.13. The Balaban J connectivity index is 2.14. The van der Waals surface area contributed by atoms with E-state index in [1.54, 1.807) is 0 Å². The van der Waals surface area contributed by atoms with E-state index in [0.29, 0.717) is 0 Å². The molecule has 1 aliphatic rings. The molecule has 0 radical (unpaired) electrons. The lowest BCUT2D eigenvalue weighted by molar-refractivity contribution is 0.0550.